The number of carbonyl (C=O) groups excluding carboxylic acids is 1. The molecular formula is C14H25NO. The second-order valence-corrected chi connectivity index (χ2v) is 3.28. The molecule has 0 heterocycles. The maximum Gasteiger partial charge on any atom is 0.217 e. The molecule has 0 aromatic carbocycles. The van der Waals surface area contributed by atoms with Gasteiger partial charge in [-0.3, -0.25) is 4.79 Å². The van der Waals surface area contributed by atoms with E-state index in [1.165, 1.54) is 0 Å². The normalized spacial score (nSPS) is 9.38. The Morgan fingerprint density at radius 1 is 1.19 bits per heavy atom. The smallest absolute Gasteiger partial charge is 0.217 e. The van der Waals surface area contributed by atoms with E-state index in [1.54, 1.807) is 6.08 Å². The fourth-order valence-electron chi connectivity index (χ4n) is 1.12. The highest BCUT2D eigenvalue weighted by atomic mass is 16.1. The number of carbonyl (C=O) groups is 1. The van der Waals surface area contributed by atoms with Crippen LogP contribution in [0.4, 0.5) is 0 Å². The van der Waals surface area contributed by atoms with E-state index in [9.17, 15) is 4.79 Å². The number of unbranched alkanes of at least 4 members (excludes halogenated alkanes) is 2. The van der Waals surface area contributed by atoms with Gasteiger partial charge < -0.3 is 5.73 Å². The Hall–Kier alpha value is -1.31. The van der Waals surface area contributed by atoms with Crippen LogP contribution in [0.1, 0.15) is 46.0 Å². The fourth-order valence-corrected chi connectivity index (χ4v) is 1.12. The Kier molecular flexibility index (Phi) is 14.6. The number of rotatable bonds is 8. The zero-order chi connectivity index (χ0) is 12.8. The van der Waals surface area contributed by atoms with Gasteiger partial charge in [-0.25, -0.2) is 0 Å². The van der Waals surface area contributed by atoms with Crippen LogP contribution < -0.4 is 5.73 Å². The Morgan fingerprint density at radius 3 is 2.25 bits per heavy atom. The molecule has 92 valence electrons. The fraction of sp³-hybridized carbons (Fsp3) is 0.500. The summed E-state index contributed by atoms with van der Waals surface area (Å²) in [6, 6.07) is 0. The lowest BCUT2D eigenvalue weighted by Gasteiger charge is -1.99. The van der Waals surface area contributed by atoms with Crippen LogP contribution in [0.2, 0.25) is 0 Å². The first-order valence-electron chi connectivity index (χ1n) is 5.92. The van der Waals surface area contributed by atoms with Gasteiger partial charge in [0.05, 0.1) is 0 Å². The molecule has 0 aromatic heterocycles. The van der Waals surface area contributed by atoms with Crippen LogP contribution in [0.3, 0.4) is 0 Å². The van der Waals surface area contributed by atoms with Gasteiger partial charge in [0.2, 0.25) is 5.91 Å². The van der Waals surface area contributed by atoms with Crippen LogP contribution in [0, 0.1) is 0 Å². The summed E-state index contributed by atoms with van der Waals surface area (Å²) < 4.78 is 0. The molecule has 0 atom stereocenters. The van der Waals surface area contributed by atoms with E-state index in [-0.39, 0.29) is 5.91 Å². The van der Waals surface area contributed by atoms with Crippen LogP contribution in [0.25, 0.3) is 0 Å². The van der Waals surface area contributed by atoms with Crippen molar-refractivity contribution in [2.24, 2.45) is 5.73 Å². The van der Waals surface area contributed by atoms with Crippen molar-refractivity contribution < 1.29 is 4.79 Å². The first-order valence-corrected chi connectivity index (χ1v) is 5.92. The Balaban J connectivity index is 0. The Bertz CT molecular complexity index is 229. The topological polar surface area (TPSA) is 43.1 Å². The quantitative estimate of drug-likeness (QED) is 0.494. The van der Waals surface area contributed by atoms with E-state index in [0.29, 0.717) is 6.42 Å². The Labute approximate surface area is 99.9 Å². The van der Waals surface area contributed by atoms with Gasteiger partial charge in [-0.15, -0.1) is 0 Å². The summed E-state index contributed by atoms with van der Waals surface area (Å²) in [6.45, 7) is 11.5. The van der Waals surface area contributed by atoms with Crippen LogP contribution >= 0.6 is 0 Å². The van der Waals surface area contributed by atoms with Gasteiger partial charge in [0.1, 0.15) is 0 Å². The summed E-state index contributed by atoms with van der Waals surface area (Å²) in [4.78, 5) is 10.4. The molecule has 0 unspecified atom stereocenters. The van der Waals surface area contributed by atoms with Crippen LogP contribution in [-0.4, -0.2) is 5.91 Å². The number of primary amides is 1. The van der Waals surface area contributed by atoms with E-state index in [2.05, 4.69) is 13.2 Å². The third-order valence-electron chi connectivity index (χ3n) is 1.89. The van der Waals surface area contributed by atoms with E-state index < -0.39 is 0 Å². The van der Waals surface area contributed by atoms with E-state index >= 15 is 0 Å². The number of allylic oxidation sites excluding steroid dienone is 4. The molecule has 0 saturated carbocycles. The van der Waals surface area contributed by atoms with Gasteiger partial charge in [0, 0.05) is 6.42 Å². The minimum absolute atomic E-state index is 0.213. The van der Waals surface area contributed by atoms with E-state index in [0.717, 1.165) is 31.3 Å². The SMILES string of the molecule is C=C/C=C\C(=C)CCCCCC(N)=O.CC. The average Bonchev–Trinajstić information content (AvgIpc) is 2.28. The lowest BCUT2D eigenvalue weighted by molar-refractivity contribution is -0.118. The molecule has 0 aromatic rings. The van der Waals surface area contributed by atoms with Crippen molar-refractivity contribution in [3.8, 4) is 0 Å². The maximum absolute atomic E-state index is 10.4. The molecule has 0 aliphatic rings. The Morgan fingerprint density at radius 2 is 1.75 bits per heavy atom. The number of hydrogen-bond acceptors (Lipinski definition) is 1. The maximum atomic E-state index is 10.4. The highest BCUT2D eigenvalue weighted by Crippen LogP contribution is 2.09. The molecule has 0 aliphatic carbocycles. The lowest BCUT2D eigenvalue weighted by Crippen LogP contribution is -2.09. The van der Waals surface area contributed by atoms with Crippen LogP contribution in [0.15, 0.2) is 37.0 Å². The zero-order valence-corrected chi connectivity index (χ0v) is 10.7. The van der Waals surface area contributed by atoms with Crippen molar-refractivity contribution in [1.29, 1.82) is 0 Å². The molecule has 2 N–H and O–H groups in total. The largest absolute Gasteiger partial charge is 0.370 e. The summed E-state index contributed by atoms with van der Waals surface area (Å²) in [5.41, 5.74) is 6.12. The molecular weight excluding hydrogens is 198 g/mol. The van der Waals surface area contributed by atoms with Crippen LogP contribution in [-0.2, 0) is 4.79 Å². The molecule has 2 nitrogen and oxygen atoms in total. The minimum Gasteiger partial charge on any atom is -0.370 e. The van der Waals surface area contributed by atoms with Crippen molar-refractivity contribution in [3.05, 3.63) is 37.0 Å². The predicted octanol–water partition coefficient (Wildman–Crippen LogP) is 3.75. The molecule has 0 aliphatic heterocycles. The van der Waals surface area contributed by atoms with Crippen molar-refractivity contribution in [2.45, 2.75) is 46.0 Å². The molecule has 2 heteroatoms. The number of hydrogen-bond donors (Lipinski definition) is 1. The van der Waals surface area contributed by atoms with Crippen molar-refractivity contribution in [3.63, 3.8) is 0 Å². The second kappa shape index (κ2) is 13.7. The molecule has 16 heavy (non-hydrogen) atoms. The molecule has 0 fully saturated rings. The molecule has 0 radical (unpaired) electrons. The summed E-state index contributed by atoms with van der Waals surface area (Å²) in [5, 5.41) is 0. The van der Waals surface area contributed by atoms with Gasteiger partial charge in [-0.1, -0.05) is 57.2 Å². The third-order valence-corrected chi connectivity index (χ3v) is 1.89. The third kappa shape index (κ3) is 15.2. The second-order valence-electron chi connectivity index (χ2n) is 3.28. The molecule has 0 spiro atoms. The summed E-state index contributed by atoms with van der Waals surface area (Å²) in [5.74, 6) is -0.213. The highest BCUT2D eigenvalue weighted by Gasteiger charge is 1.94. The predicted molar refractivity (Wildman–Crippen MR) is 72.1 cm³/mol. The molecule has 1 amide bonds. The summed E-state index contributed by atoms with van der Waals surface area (Å²) in [6.07, 6.45) is 10.0. The van der Waals surface area contributed by atoms with E-state index in [1.807, 2.05) is 26.0 Å². The first-order chi connectivity index (χ1) is 7.66. The average molecular weight is 223 g/mol. The highest BCUT2D eigenvalue weighted by molar-refractivity contribution is 5.73. The minimum atomic E-state index is -0.213. The first kappa shape index (κ1) is 17.1. The molecule has 0 rings (SSSR count). The lowest BCUT2D eigenvalue weighted by atomic mass is 10.1. The summed E-state index contributed by atoms with van der Waals surface area (Å²) >= 11 is 0. The zero-order valence-electron chi connectivity index (χ0n) is 10.7. The standard InChI is InChI=1S/C12H19NO.C2H6/c1-3-4-8-11(2)9-6-5-7-10-12(13)14;1-2/h3-4,8H,1-2,5-7,9-10H2,(H2,13,14);1-2H3/b8-4-;. The molecule has 0 saturated heterocycles. The summed E-state index contributed by atoms with van der Waals surface area (Å²) in [7, 11) is 0. The number of nitrogens with two attached hydrogens (primary N) is 1. The van der Waals surface area contributed by atoms with Gasteiger partial charge in [-0.05, 0) is 19.3 Å². The van der Waals surface area contributed by atoms with Crippen molar-refractivity contribution >= 4 is 5.91 Å². The van der Waals surface area contributed by atoms with E-state index in [4.69, 9.17) is 5.73 Å². The molecule has 0 bridgehead atoms. The van der Waals surface area contributed by atoms with Crippen molar-refractivity contribution in [2.75, 3.05) is 0 Å². The van der Waals surface area contributed by atoms with Crippen molar-refractivity contribution in [1.82, 2.24) is 0 Å². The monoisotopic (exact) mass is 223 g/mol. The van der Waals surface area contributed by atoms with Gasteiger partial charge >= 0.3 is 0 Å². The van der Waals surface area contributed by atoms with Gasteiger partial charge in [0.25, 0.3) is 0 Å². The van der Waals surface area contributed by atoms with Gasteiger partial charge in [-0.2, -0.15) is 0 Å². The van der Waals surface area contributed by atoms with Crippen LogP contribution in [0.5, 0.6) is 0 Å². The van der Waals surface area contributed by atoms with Gasteiger partial charge in [0.15, 0.2) is 0 Å². The number of amides is 1.